The first-order valence-electron chi connectivity index (χ1n) is 8.68. The van der Waals surface area contributed by atoms with Gasteiger partial charge in [-0.3, -0.25) is 10.1 Å². The lowest BCUT2D eigenvalue weighted by molar-refractivity contribution is -0.123. The molecular formula is C18H27FN2O5S. The van der Waals surface area contributed by atoms with Crippen LogP contribution >= 0.6 is 0 Å². The monoisotopic (exact) mass is 402 g/mol. The maximum atomic E-state index is 13.0. The first-order valence-corrected chi connectivity index (χ1v) is 10.3. The van der Waals surface area contributed by atoms with E-state index in [1.54, 1.807) is 34.6 Å². The molecule has 2 N–H and O–H groups in total. The molecule has 0 saturated carbocycles. The zero-order valence-electron chi connectivity index (χ0n) is 16.2. The summed E-state index contributed by atoms with van der Waals surface area (Å²) in [4.78, 5) is 23.9. The van der Waals surface area contributed by atoms with Gasteiger partial charge in [0.05, 0.1) is 22.8 Å². The van der Waals surface area contributed by atoms with Crippen LogP contribution in [0.15, 0.2) is 29.2 Å². The minimum atomic E-state index is -3.66. The van der Waals surface area contributed by atoms with Gasteiger partial charge in [0.25, 0.3) is 0 Å². The Kier molecular flexibility index (Phi) is 8.36. The third-order valence-electron chi connectivity index (χ3n) is 3.62. The lowest BCUT2D eigenvalue weighted by atomic mass is 10.0. The molecule has 7 nitrogen and oxygen atoms in total. The molecule has 1 rings (SSSR count). The largest absolute Gasteiger partial charge is 0.447 e. The van der Waals surface area contributed by atoms with Gasteiger partial charge in [0.2, 0.25) is 5.91 Å². The standard InChI is InChI=1S/C18H27FN2O5S/c1-11(2)16(17(22)21-18(23)26-12(3)4)20-13(5)10-27(24,25)15-8-6-14(19)7-9-15/h6-9,11-13,16,20H,10H2,1-5H3,(H,21,22,23)/t13?,16-/m0/s1. The van der Waals surface area contributed by atoms with Gasteiger partial charge in [-0.05, 0) is 51.0 Å². The van der Waals surface area contributed by atoms with E-state index in [-0.39, 0.29) is 22.7 Å². The molecule has 27 heavy (non-hydrogen) atoms. The highest BCUT2D eigenvalue weighted by atomic mass is 32.2. The minimum absolute atomic E-state index is 0.00334. The third kappa shape index (κ3) is 7.64. The Morgan fingerprint density at radius 3 is 2.11 bits per heavy atom. The number of nitrogens with one attached hydrogen (secondary N) is 2. The quantitative estimate of drug-likeness (QED) is 0.647. The number of carbonyl (C=O) groups excluding carboxylic acids is 2. The number of carbonyl (C=O) groups is 2. The molecule has 0 aliphatic rings. The Labute approximate surface area is 159 Å². The molecule has 0 fully saturated rings. The van der Waals surface area contributed by atoms with Gasteiger partial charge in [-0.15, -0.1) is 0 Å². The zero-order valence-corrected chi connectivity index (χ0v) is 17.0. The summed E-state index contributed by atoms with van der Waals surface area (Å²) in [5, 5.41) is 5.08. The Bertz CT molecular complexity index is 748. The van der Waals surface area contributed by atoms with Gasteiger partial charge in [0, 0.05) is 6.04 Å². The summed E-state index contributed by atoms with van der Waals surface area (Å²) in [5.41, 5.74) is 0. The molecule has 1 unspecified atom stereocenters. The van der Waals surface area contributed by atoms with Gasteiger partial charge in [-0.25, -0.2) is 17.6 Å². The van der Waals surface area contributed by atoms with Crippen molar-refractivity contribution in [2.24, 2.45) is 5.92 Å². The molecule has 0 aromatic heterocycles. The van der Waals surface area contributed by atoms with Crippen LogP contribution in [0, 0.1) is 11.7 Å². The van der Waals surface area contributed by atoms with Gasteiger partial charge < -0.3 is 10.1 Å². The van der Waals surface area contributed by atoms with Gasteiger partial charge in [0.1, 0.15) is 5.82 Å². The van der Waals surface area contributed by atoms with E-state index in [1.807, 2.05) is 0 Å². The zero-order chi connectivity index (χ0) is 20.8. The maximum absolute atomic E-state index is 13.0. The predicted octanol–water partition coefficient (Wildman–Crippen LogP) is 2.26. The Hall–Kier alpha value is -2.00. The highest BCUT2D eigenvalue weighted by Crippen LogP contribution is 2.14. The average Bonchev–Trinajstić information content (AvgIpc) is 2.51. The van der Waals surface area contributed by atoms with Crippen LogP contribution in [0.4, 0.5) is 9.18 Å². The van der Waals surface area contributed by atoms with Crippen LogP contribution in [0.2, 0.25) is 0 Å². The third-order valence-corrected chi connectivity index (χ3v) is 5.55. The second kappa shape index (κ2) is 9.80. The van der Waals surface area contributed by atoms with Crippen molar-refractivity contribution in [2.75, 3.05) is 5.75 Å². The van der Waals surface area contributed by atoms with Crippen molar-refractivity contribution in [2.45, 2.75) is 57.7 Å². The molecule has 0 saturated heterocycles. The highest BCUT2D eigenvalue weighted by molar-refractivity contribution is 7.91. The van der Waals surface area contributed by atoms with Gasteiger partial charge in [0.15, 0.2) is 9.84 Å². The first kappa shape index (κ1) is 23.0. The summed E-state index contributed by atoms with van der Waals surface area (Å²) in [6.45, 7) is 8.48. The summed E-state index contributed by atoms with van der Waals surface area (Å²) in [6, 6.07) is 3.19. The molecule has 2 amide bonds. The molecule has 152 valence electrons. The molecule has 0 radical (unpaired) electrons. The van der Waals surface area contributed by atoms with Crippen molar-refractivity contribution in [3.05, 3.63) is 30.1 Å². The Balaban J connectivity index is 2.77. The fourth-order valence-corrected chi connectivity index (χ4v) is 3.91. The number of hydrogen-bond donors (Lipinski definition) is 2. The molecule has 0 aliphatic heterocycles. The first-order chi connectivity index (χ1) is 12.4. The second-order valence-electron chi connectivity index (χ2n) is 6.97. The molecule has 1 aromatic carbocycles. The second-order valence-corrected chi connectivity index (χ2v) is 9.00. The van der Waals surface area contributed by atoms with Crippen LogP contribution in [0.5, 0.6) is 0 Å². The Morgan fingerprint density at radius 2 is 1.63 bits per heavy atom. The van der Waals surface area contributed by atoms with Crippen molar-refractivity contribution in [1.29, 1.82) is 0 Å². The lowest BCUT2D eigenvalue weighted by Gasteiger charge is -2.25. The number of amides is 2. The number of alkyl carbamates (subject to hydrolysis) is 1. The van der Waals surface area contributed by atoms with Crippen molar-refractivity contribution in [3.63, 3.8) is 0 Å². The normalized spacial score (nSPS) is 14.1. The smallest absolute Gasteiger partial charge is 0.414 e. The van der Waals surface area contributed by atoms with E-state index in [9.17, 15) is 22.4 Å². The molecule has 9 heteroatoms. The minimum Gasteiger partial charge on any atom is -0.447 e. The van der Waals surface area contributed by atoms with Crippen LogP contribution in [-0.2, 0) is 19.4 Å². The number of imide groups is 1. The fraction of sp³-hybridized carbons (Fsp3) is 0.556. The highest BCUT2D eigenvalue weighted by Gasteiger charge is 2.28. The summed E-state index contributed by atoms with van der Waals surface area (Å²) in [5.74, 6) is -1.61. The molecule has 0 aliphatic carbocycles. The van der Waals surface area contributed by atoms with E-state index < -0.39 is 39.7 Å². The van der Waals surface area contributed by atoms with Crippen LogP contribution in [-0.4, -0.2) is 44.4 Å². The SMILES string of the molecule is CC(CS(=O)(=O)c1ccc(F)cc1)N[C@H](C(=O)NC(=O)OC(C)C)C(C)C. The molecule has 1 aromatic rings. The van der Waals surface area contributed by atoms with E-state index in [2.05, 4.69) is 10.6 Å². The molecule has 0 bridgehead atoms. The summed E-state index contributed by atoms with van der Waals surface area (Å²) in [7, 11) is -3.66. The van der Waals surface area contributed by atoms with E-state index in [4.69, 9.17) is 4.74 Å². The van der Waals surface area contributed by atoms with Gasteiger partial charge >= 0.3 is 6.09 Å². The summed E-state index contributed by atoms with van der Waals surface area (Å²) >= 11 is 0. The Morgan fingerprint density at radius 1 is 1.07 bits per heavy atom. The van der Waals surface area contributed by atoms with Gasteiger partial charge in [-0.1, -0.05) is 13.8 Å². The van der Waals surface area contributed by atoms with Crippen LogP contribution < -0.4 is 10.6 Å². The van der Waals surface area contributed by atoms with Crippen LogP contribution in [0.25, 0.3) is 0 Å². The lowest BCUT2D eigenvalue weighted by Crippen LogP contribution is -2.53. The van der Waals surface area contributed by atoms with E-state index in [1.165, 1.54) is 12.1 Å². The van der Waals surface area contributed by atoms with Gasteiger partial charge in [-0.2, -0.15) is 0 Å². The summed E-state index contributed by atoms with van der Waals surface area (Å²) in [6.07, 6.45) is -1.22. The van der Waals surface area contributed by atoms with Crippen molar-refractivity contribution in [1.82, 2.24) is 10.6 Å². The number of benzene rings is 1. The number of hydrogen-bond acceptors (Lipinski definition) is 6. The number of halogens is 1. The molecular weight excluding hydrogens is 375 g/mol. The van der Waals surface area contributed by atoms with E-state index >= 15 is 0 Å². The van der Waals surface area contributed by atoms with Crippen LogP contribution in [0.1, 0.15) is 34.6 Å². The average molecular weight is 402 g/mol. The van der Waals surface area contributed by atoms with Crippen molar-refractivity contribution < 1.29 is 27.1 Å². The maximum Gasteiger partial charge on any atom is 0.414 e. The number of ether oxygens (including phenoxy) is 1. The van der Waals surface area contributed by atoms with E-state index in [0.717, 1.165) is 12.1 Å². The molecule has 0 spiro atoms. The molecule has 0 heterocycles. The predicted molar refractivity (Wildman–Crippen MR) is 99.4 cm³/mol. The van der Waals surface area contributed by atoms with Crippen molar-refractivity contribution in [3.8, 4) is 0 Å². The summed E-state index contributed by atoms with van der Waals surface area (Å²) < 4.78 is 42.7. The van der Waals surface area contributed by atoms with Crippen molar-refractivity contribution >= 4 is 21.8 Å². The number of rotatable bonds is 8. The molecule has 2 atom stereocenters. The fourth-order valence-electron chi connectivity index (χ4n) is 2.41. The number of sulfone groups is 1. The van der Waals surface area contributed by atoms with E-state index in [0.29, 0.717) is 0 Å². The topological polar surface area (TPSA) is 102 Å². The van der Waals surface area contributed by atoms with Crippen LogP contribution in [0.3, 0.4) is 0 Å².